The first-order valence-corrected chi connectivity index (χ1v) is 11.8. The Bertz CT molecular complexity index is 1040. The van der Waals surface area contributed by atoms with Gasteiger partial charge in [-0.3, -0.25) is 4.99 Å². The highest BCUT2D eigenvalue weighted by atomic mass is 15.2. The van der Waals surface area contributed by atoms with Gasteiger partial charge in [0.25, 0.3) is 5.82 Å². The average Bonchev–Trinajstić information content (AvgIpc) is 3.29. The van der Waals surface area contributed by atoms with Gasteiger partial charge < -0.3 is 0 Å². The third kappa shape index (κ3) is 2.77. The Labute approximate surface area is 182 Å². The van der Waals surface area contributed by atoms with Gasteiger partial charge in [0.2, 0.25) is 0 Å². The van der Waals surface area contributed by atoms with Crippen molar-refractivity contribution in [1.29, 1.82) is 0 Å². The fourth-order valence-corrected chi connectivity index (χ4v) is 6.55. The zero-order chi connectivity index (χ0) is 22.0. The molecule has 0 spiro atoms. The van der Waals surface area contributed by atoms with Gasteiger partial charge in [-0.2, -0.15) is 0 Å². The molecule has 3 unspecified atom stereocenters. The first-order chi connectivity index (χ1) is 14.1. The summed E-state index contributed by atoms with van der Waals surface area (Å²) in [4.78, 5) is 11.2. The Morgan fingerprint density at radius 2 is 2.00 bits per heavy atom. The van der Waals surface area contributed by atoms with Crippen LogP contribution < -0.4 is 20.5 Å². The first-order valence-electron chi connectivity index (χ1n) is 11.8. The predicted molar refractivity (Wildman–Crippen MR) is 126 cm³/mol. The normalized spacial score (nSPS) is 32.5. The van der Waals surface area contributed by atoms with Crippen molar-refractivity contribution >= 4 is 11.4 Å². The first kappa shape index (κ1) is 21.3. The second-order valence-electron chi connectivity index (χ2n) is 10.7. The number of fused-ring (bicyclic) bond motifs is 2. The SMILES string of the molecule is CC=C(C)N(C)c1[nH+]ccc2c1=C([C@@]1(CC)C(C)C1CC)C1C=C(C(C)(C)C)[C@H]1N=2. The fraction of sp³-hybridized carbons (Fsp3) is 0.630. The second kappa shape index (κ2) is 7.07. The highest BCUT2D eigenvalue weighted by Crippen LogP contribution is 2.70. The van der Waals surface area contributed by atoms with E-state index < -0.39 is 0 Å². The number of rotatable bonds is 5. The van der Waals surface area contributed by atoms with E-state index in [1.807, 2.05) is 0 Å². The molecule has 2 aliphatic carbocycles. The molecule has 0 saturated heterocycles. The van der Waals surface area contributed by atoms with Crippen LogP contribution in [0.5, 0.6) is 0 Å². The van der Waals surface area contributed by atoms with E-state index in [4.69, 9.17) is 4.99 Å². The van der Waals surface area contributed by atoms with Gasteiger partial charge in [-0.1, -0.05) is 54.0 Å². The van der Waals surface area contributed by atoms with E-state index in [9.17, 15) is 0 Å². The van der Waals surface area contributed by atoms with E-state index in [1.54, 1.807) is 5.57 Å². The molecule has 1 saturated carbocycles. The van der Waals surface area contributed by atoms with Crippen molar-refractivity contribution in [2.45, 2.75) is 74.3 Å². The number of aromatic amines is 1. The molecule has 4 rings (SSSR count). The third-order valence-electron chi connectivity index (χ3n) is 8.50. The molecule has 3 nitrogen and oxygen atoms in total. The predicted octanol–water partition coefficient (Wildman–Crippen LogP) is 4.69. The number of hydrogen-bond acceptors (Lipinski definition) is 2. The summed E-state index contributed by atoms with van der Waals surface area (Å²) in [5.41, 5.74) is 4.90. The smallest absolute Gasteiger partial charge is 0.276 e. The van der Waals surface area contributed by atoms with Gasteiger partial charge in [0.05, 0.1) is 35.6 Å². The van der Waals surface area contributed by atoms with Crippen LogP contribution in [0.3, 0.4) is 0 Å². The zero-order valence-corrected chi connectivity index (χ0v) is 20.4. The molecule has 0 radical (unpaired) electrons. The molecular weight excluding hydrogens is 366 g/mol. The van der Waals surface area contributed by atoms with Crippen molar-refractivity contribution in [3.63, 3.8) is 0 Å². The number of nitrogens with zero attached hydrogens (tertiary/aromatic N) is 2. The topological polar surface area (TPSA) is 29.7 Å². The van der Waals surface area contributed by atoms with Crippen LogP contribution in [0.15, 0.2) is 40.7 Å². The fourth-order valence-electron chi connectivity index (χ4n) is 6.55. The Morgan fingerprint density at radius 1 is 1.30 bits per heavy atom. The molecule has 30 heavy (non-hydrogen) atoms. The van der Waals surface area contributed by atoms with Crippen LogP contribution in [-0.4, -0.2) is 13.1 Å². The van der Waals surface area contributed by atoms with Crippen molar-refractivity contribution in [1.82, 2.24) is 0 Å². The van der Waals surface area contributed by atoms with Gasteiger partial charge in [0, 0.05) is 12.0 Å². The minimum Gasteiger partial charge on any atom is -0.276 e. The van der Waals surface area contributed by atoms with Crippen molar-refractivity contribution < 1.29 is 4.98 Å². The molecule has 1 fully saturated rings. The summed E-state index contributed by atoms with van der Waals surface area (Å²) in [6, 6.07) is 2.51. The van der Waals surface area contributed by atoms with Crippen LogP contribution in [-0.2, 0) is 0 Å². The molecule has 3 heteroatoms. The Morgan fingerprint density at radius 3 is 2.53 bits per heavy atom. The lowest BCUT2D eigenvalue weighted by atomic mass is 9.62. The summed E-state index contributed by atoms with van der Waals surface area (Å²) in [6.45, 7) is 18.5. The van der Waals surface area contributed by atoms with E-state index in [-0.39, 0.29) is 5.41 Å². The lowest BCUT2D eigenvalue weighted by Gasteiger charge is -2.45. The second-order valence-corrected chi connectivity index (χ2v) is 10.7. The van der Waals surface area contributed by atoms with E-state index in [0.29, 0.717) is 17.4 Å². The highest BCUT2D eigenvalue weighted by molar-refractivity contribution is 5.70. The van der Waals surface area contributed by atoms with Crippen LogP contribution in [0.1, 0.15) is 68.2 Å². The largest absolute Gasteiger partial charge is 0.288 e. The lowest BCUT2D eigenvalue weighted by molar-refractivity contribution is -0.364. The minimum atomic E-state index is 0.175. The summed E-state index contributed by atoms with van der Waals surface area (Å²) in [5, 5.41) is 2.55. The monoisotopic (exact) mass is 406 g/mol. The summed E-state index contributed by atoms with van der Waals surface area (Å²) in [6.07, 6.45) is 9.28. The van der Waals surface area contributed by atoms with Gasteiger partial charge in [0.15, 0.2) is 0 Å². The molecule has 1 aromatic heterocycles. The van der Waals surface area contributed by atoms with Crippen LogP contribution in [0.4, 0.5) is 5.82 Å². The Hall–Kier alpha value is -1.90. The number of aromatic nitrogens is 1. The average molecular weight is 407 g/mol. The highest BCUT2D eigenvalue weighted by Gasteiger charge is 2.64. The molecule has 0 bridgehead atoms. The maximum Gasteiger partial charge on any atom is 0.288 e. The molecule has 0 amide bonds. The maximum absolute atomic E-state index is 5.34. The maximum atomic E-state index is 5.34. The zero-order valence-electron chi connectivity index (χ0n) is 20.4. The standard InChI is InChI=1S/C27H39N3/c1-10-16(4)30(9)25-22-21(13-14-28-25)29-24-18(15-20(24)26(6,7)8)23(22)27(12-3)17(5)19(27)11-2/h10,13-15,17-19,24H,11-12H2,1-9H3/p+1/t17?,18?,19?,24-,27-/m0/s1. The van der Waals surface area contributed by atoms with Crippen molar-refractivity contribution in [2.75, 3.05) is 11.9 Å². The molecule has 3 aliphatic rings. The van der Waals surface area contributed by atoms with Gasteiger partial charge in [-0.05, 0) is 60.2 Å². The summed E-state index contributed by atoms with van der Waals surface area (Å²) < 4.78 is 0. The Kier molecular flexibility index (Phi) is 5.03. The Balaban J connectivity index is 2.05. The quantitative estimate of drug-likeness (QED) is 0.653. The molecule has 5 atom stereocenters. The molecule has 1 aromatic rings. The van der Waals surface area contributed by atoms with E-state index in [1.165, 1.54) is 40.5 Å². The summed E-state index contributed by atoms with van der Waals surface area (Å²) in [5.74, 6) is 3.15. The summed E-state index contributed by atoms with van der Waals surface area (Å²) in [7, 11) is 2.18. The van der Waals surface area contributed by atoms with Crippen molar-refractivity contribution in [3.8, 4) is 0 Å². The van der Waals surface area contributed by atoms with Gasteiger partial charge in [-0.15, -0.1) is 0 Å². The molecule has 162 valence electrons. The van der Waals surface area contributed by atoms with Crippen LogP contribution in [0.2, 0.25) is 0 Å². The number of hydrogen-bond donors (Lipinski definition) is 0. The van der Waals surface area contributed by atoms with Crippen LogP contribution in [0, 0.1) is 28.6 Å². The van der Waals surface area contributed by atoms with Gasteiger partial charge in [-0.25, -0.2) is 9.88 Å². The minimum absolute atomic E-state index is 0.175. The third-order valence-corrected chi connectivity index (χ3v) is 8.50. The van der Waals surface area contributed by atoms with Crippen molar-refractivity contribution in [2.24, 2.45) is 33.6 Å². The van der Waals surface area contributed by atoms with Crippen LogP contribution in [0.25, 0.3) is 5.57 Å². The summed E-state index contributed by atoms with van der Waals surface area (Å²) >= 11 is 0. The van der Waals surface area contributed by atoms with E-state index in [0.717, 1.165) is 11.8 Å². The van der Waals surface area contributed by atoms with Crippen LogP contribution >= 0.6 is 0 Å². The molecule has 1 N–H and O–H groups in total. The molecule has 1 aliphatic heterocycles. The molecule has 0 aromatic carbocycles. The number of pyridine rings is 1. The molecular formula is C27H40N3+. The van der Waals surface area contributed by atoms with Gasteiger partial charge >= 0.3 is 0 Å². The number of allylic oxidation sites excluding steroid dienone is 2. The van der Waals surface area contributed by atoms with E-state index in [2.05, 4.69) is 96.7 Å². The lowest BCUT2D eigenvalue weighted by Crippen LogP contribution is -2.51. The molecule has 2 heterocycles. The number of H-pyrrole nitrogens is 1. The number of anilines is 1. The van der Waals surface area contributed by atoms with Crippen molar-refractivity contribution in [3.05, 3.63) is 46.3 Å². The number of nitrogens with one attached hydrogen (secondary N) is 1. The van der Waals surface area contributed by atoms with E-state index >= 15 is 0 Å². The van der Waals surface area contributed by atoms with Gasteiger partial charge in [0.1, 0.15) is 0 Å².